The maximum absolute atomic E-state index is 13.4. The highest BCUT2D eigenvalue weighted by Crippen LogP contribution is 2.34. The molecule has 0 spiro atoms. The van der Waals surface area contributed by atoms with Gasteiger partial charge in [0.2, 0.25) is 0 Å². The number of nitrogens with zero attached hydrogens (tertiary/aromatic N) is 3. The molecule has 0 aliphatic heterocycles. The molecule has 3 aromatic rings. The molecule has 7 heteroatoms. The molecule has 29 heavy (non-hydrogen) atoms. The van der Waals surface area contributed by atoms with E-state index in [-0.39, 0.29) is 11.4 Å². The Morgan fingerprint density at radius 3 is 2.69 bits per heavy atom. The summed E-state index contributed by atoms with van der Waals surface area (Å²) in [7, 11) is 1.55. The van der Waals surface area contributed by atoms with Gasteiger partial charge in [-0.2, -0.15) is 5.10 Å². The number of amides is 1. The zero-order valence-electron chi connectivity index (χ0n) is 16.9. The summed E-state index contributed by atoms with van der Waals surface area (Å²) in [5, 5.41) is 8.50. The van der Waals surface area contributed by atoms with Crippen LogP contribution in [0.25, 0.3) is 10.9 Å². The van der Waals surface area contributed by atoms with Gasteiger partial charge in [0.05, 0.1) is 30.0 Å². The first-order valence-electron chi connectivity index (χ1n) is 9.96. The van der Waals surface area contributed by atoms with Crippen molar-refractivity contribution in [3.63, 3.8) is 0 Å². The monoisotopic (exact) mass is 396 g/mol. The maximum Gasteiger partial charge on any atom is 0.274 e. The van der Waals surface area contributed by atoms with Crippen LogP contribution in [0.4, 0.5) is 10.1 Å². The number of halogens is 1. The van der Waals surface area contributed by atoms with Crippen LogP contribution in [0.2, 0.25) is 0 Å². The van der Waals surface area contributed by atoms with Crippen LogP contribution in [0.5, 0.6) is 5.75 Å². The molecule has 1 saturated carbocycles. The van der Waals surface area contributed by atoms with Crippen LogP contribution in [0.1, 0.15) is 54.8 Å². The van der Waals surface area contributed by atoms with Crippen molar-refractivity contribution in [1.29, 1.82) is 0 Å². The van der Waals surface area contributed by atoms with E-state index in [9.17, 15) is 9.18 Å². The molecule has 0 unspecified atom stereocenters. The van der Waals surface area contributed by atoms with Gasteiger partial charge in [0, 0.05) is 17.6 Å². The fraction of sp³-hybridized carbons (Fsp3) is 0.409. The molecule has 1 aromatic carbocycles. The lowest BCUT2D eigenvalue weighted by molar-refractivity contribution is 0.102. The summed E-state index contributed by atoms with van der Waals surface area (Å²) in [5.41, 5.74) is 1.70. The van der Waals surface area contributed by atoms with E-state index in [0.717, 1.165) is 29.7 Å². The standard InChI is InChI=1S/C22H25FN4O2/c1-13-4-6-16(7-5-13)27-12-15-10-20(21(29-3)11-19(15)26-27)25-22(28)18-9-8-17(23)14(2)24-18/h8-13,16H,4-7H2,1-3H3,(H,25,28). The summed E-state index contributed by atoms with van der Waals surface area (Å²) in [6.07, 6.45) is 6.73. The van der Waals surface area contributed by atoms with Gasteiger partial charge in [0.25, 0.3) is 5.91 Å². The summed E-state index contributed by atoms with van der Waals surface area (Å²) in [4.78, 5) is 16.6. The van der Waals surface area contributed by atoms with E-state index in [0.29, 0.717) is 17.5 Å². The molecule has 0 saturated heterocycles. The van der Waals surface area contributed by atoms with Gasteiger partial charge in [-0.1, -0.05) is 6.92 Å². The number of hydrogen-bond acceptors (Lipinski definition) is 4. The second-order valence-electron chi connectivity index (χ2n) is 7.85. The average molecular weight is 396 g/mol. The molecule has 0 radical (unpaired) electrons. The summed E-state index contributed by atoms with van der Waals surface area (Å²) in [6.45, 7) is 3.83. The second kappa shape index (κ2) is 7.81. The van der Waals surface area contributed by atoms with Crippen LogP contribution in [-0.4, -0.2) is 27.8 Å². The van der Waals surface area contributed by atoms with Crippen molar-refractivity contribution in [2.45, 2.75) is 45.6 Å². The van der Waals surface area contributed by atoms with Gasteiger partial charge in [-0.15, -0.1) is 0 Å². The van der Waals surface area contributed by atoms with E-state index in [2.05, 4.69) is 17.2 Å². The summed E-state index contributed by atoms with van der Waals surface area (Å²) < 4.78 is 20.9. The predicted octanol–water partition coefficient (Wildman–Crippen LogP) is 4.89. The Hall–Kier alpha value is -2.96. The Labute approximate surface area is 169 Å². The number of carbonyl (C=O) groups excluding carboxylic acids is 1. The molecule has 1 aliphatic rings. The first-order chi connectivity index (χ1) is 13.9. The molecule has 1 aliphatic carbocycles. The van der Waals surface area contributed by atoms with Gasteiger partial charge in [-0.05, 0) is 56.7 Å². The quantitative estimate of drug-likeness (QED) is 0.682. The molecular weight excluding hydrogens is 371 g/mol. The molecule has 1 N–H and O–H groups in total. The third kappa shape index (κ3) is 3.95. The van der Waals surface area contributed by atoms with Crippen molar-refractivity contribution in [2.24, 2.45) is 5.92 Å². The molecule has 0 bridgehead atoms. The number of anilines is 1. The van der Waals surface area contributed by atoms with Crippen LogP contribution in [0, 0.1) is 18.7 Å². The minimum Gasteiger partial charge on any atom is -0.494 e. The van der Waals surface area contributed by atoms with Gasteiger partial charge in [-0.25, -0.2) is 9.37 Å². The molecule has 4 rings (SSSR count). The third-order valence-electron chi connectivity index (χ3n) is 5.71. The van der Waals surface area contributed by atoms with Gasteiger partial charge >= 0.3 is 0 Å². The van der Waals surface area contributed by atoms with E-state index in [1.165, 1.54) is 31.9 Å². The molecule has 2 heterocycles. The summed E-state index contributed by atoms with van der Waals surface area (Å²) in [6, 6.07) is 6.71. The Bertz CT molecular complexity index is 1050. The lowest BCUT2D eigenvalue weighted by Crippen LogP contribution is -2.16. The molecule has 0 atom stereocenters. The number of pyridine rings is 1. The largest absolute Gasteiger partial charge is 0.494 e. The number of benzene rings is 1. The predicted molar refractivity (Wildman–Crippen MR) is 110 cm³/mol. The van der Waals surface area contributed by atoms with E-state index < -0.39 is 11.7 Å². The lowest BCUT2D eigenvalue weighted by atomic mass is 9.87. The van der Waals surface area contributed by atoms with E-state index >= 15 is 0 Å². The van der Waals surface area contributed by atoms with Crippen LogP contribution in [0.15, 0.2) is 30.5 Å². The lowest BCUT2D eigenvalue weighted by Gasteiger charge is -2.26. The summed E-state index contributed by atoms with van der Waals surface area (Å²) in [5.74, 6) is 0.443. The number of aromatic nitrogens is 3. The van der Waals surface area contributed by atoms with E-state index in [1.807, 2.05) is 23.0 Å². The Kier molecular flexibility index (Phi) is 5.22. The highest BCUT2D eigenvalue weighted by molar-refractivity contribution is 6.05. The first-order valence-corrected chi connectivity index (χ1v) is 9.96. The molecule has 1 fully saturated rings. The third-order valence-corrected chi connectivity index (χ3v) is 5.71. The summed E-state index contributed by atoms with van der Waals surface area (Å²) >= 11 is 0. The van der Waals surface area contributed by atoms with Gasteiger partial charge in [-0.3, -0.25) is 9.48 Å². The van der Waals surface area contributed by atoms with Crippen molar-refractivity contribution in [2.75, 3.05) is 12.4 Å². The second-order valence-corrected chi connectivity index (χ2v) is 7.85. The number of rotatable bonds is 4. The topological polar surface area (TPSA) is 69.0 Å². The van der Waals surface area contributed by atoms with Crippen LogP contribution < -0.4 is 10.1 Å². The number of aryl methyl sites for hydroxylation is 1. The fourth-order valence-electron chi connectivity index (χ4n) is 3.89. The van der Waals surface area contributed by atoms with Crippen LogP contribution in [-0.2, 0) is 0 Å². The van der Waals surface area contributed by atoms with Gasteiger partial charge in [0.1, 0.15) is 17.3 Å². The molecule has 2 aromatic heterocycles. The van der Waals surface area contributed by atoms with E-state index in [1.54, 1.807) is 7.11 Å². The highest BCUT2D eigenvalue weighted by atomic mass is 19.1. The Balaban J connectivity index is 1.61. The number of carbonyl (C=O) groups is 1. The Morgan fingerprint density at radius 1 is 1.24 bits per heavy atom. The minimum atomic E-state index is -0.440. The van der Waals surface area contributed by atoms with Crippen LogP contribution in [0.3, 0.4) is 0 Å². The number of hydrogen-bond donors (Lipinski definition) is 1. The zero-order valence-corrected chi connectivity index (χ0v) is 16.9. The van der Waals surface area contributed by atoms with Crippen molar-refractivity contribution >= 4 is 22.5 Å². The maximum atomic E-state index is 13.4. The molecule has 1 amide bonds. The average Bonchev–Trinajstić information content (AvgIpc) is 3.12. The van der Waals surface area contributed by atoms with Crippen molar-refractivity contribution in [3.05, 3.63) is 47.7 Å². The SMILES string of the molecule is COc1cc2nn(C3CCC(C)CC3)cc2cc1NC(=O)c1ccc(F)c(C)n1. The molecule has 152 valence electrons. The Morgan fingerprint density at radius 2 is 2.00 bits per heavy atom. The van der Waals surface area contributed by atoms with Gasteiger partial charge in [0.15, 0.2) is 0 Å². The van der Waals surface area contributed by atoms with Crippen molar-refractivity contribution < 1.29 is 13.9 Å². The molecule has 6 nitrogen and oxygen atoms in total. The minimum absolute atomic E-state index is 0.151. The van der Waals surface area contributed by atoms with Gasteiger partial charge < -0.3 is 10.1 Å². The van der Waals surface area contributed by atoms with Crippen LogP contribution >= 0.6 is 0 Å². The fourth-order valence-corrected chi connectivity index (χ4v) is 3.89. The zero-order chi connectivity index (χ0) is 20.5. The smallest absolute Gasteiger partial charge is 0.274 e. The number of methoxy groups -OCH3 is 1. The van der Waals surface area contributed by atoms with Crippen molar-refractivity contribution in [1.82, 2.24) is 14.8 Å². The van der Waals surface area contributed by atoms with Crippen molar-refractivity contribution in [3.8, 4) is 5.75 Å². The number of ether oxygens (including phenoxy) is 1. The first kappa shape index (κ1) is 19.4. The highest BCUT2D eigenvalue weighted by Gasteiger charge is 2.21. The molecular formula is C22H25FN4O2. The number of nitrogens with one attached hydrogen (secondary N) is 1. The van der Waals surface area contributed by atoms with E-state index in [4.69, 9.17) is 9.84 Å². The normalized spacial score (nSPS) is 19.3. The number of fused-ring (bicyclic) bond motifs is 1.